The molecule has 0 unspecified atom stereocenters. The van der Waals surface area contributed by atoms with Crippen molar-refractivity contribution < 1.29 is 5.11 Å². The maximum atomic E-state index is 9.48. The molecule has 0 aliphatic heterocycles. The molecule has 0 amide bonds. The van der Waals surface area contributed by atoms with E-state index < -0.39 is 0 Å². The summed E-state index contributed by atoms with van der Waals surface area (Å²) in [5.74, 6) is 1.47. The van der Waals surface area contributed by atoms with Gasteiger partial charge in [-0.05, 0) is 25.7 Å². The summed E-state index contributed by atoms with van der Waals surface area (Å²) in [5, 5.41) is 12.8. The van der Waals surface area contributed by atoms with Gasteiger partial charge in [-0.1, -0.05) is 6.42 Å². The van der Waals surface area contributed by atoms with Crippen LogP contribution in [0.25, 0.3) is 0 Å². The SMILES string of the molecule is Nc1nc(NCC2(CO)CCC2)cc(C2CC(N)C2)n1. The van der Waals surface area contributed by atoms with Gasteiger partial charge in [-0.25, -0.2) is 4.98 Å². The van der Waals surface area contributed by atoms with Gasteiger partial charge in [0.15, 0.2) is 0 Å². The minimum Gasteiger partial charge on any atom is -0.396 e. The van der Waals surface area contributed by atoms with E-state index in [1.165, 1.54) is 6.42 Å². The van der Waals surface area contributed by atoms with Gasteiger partial charge in [0.1, 0.15) is 5.82 Å². The van der Waals surface area contributed by atoms with E-state index in [0.29, 0.717) is 17.9 Å². The molecule has 3 rings (SSSR count). The van der Waals surface area contributed by atoms with Crippen LogP contribution in [0.5, 0.6) is 0 Å². The second kappa shape index (κ2) is 5.18. The molecule has 20 heavy (non-hydrogen) atoms. The van der Waals surface area contributed by atoms with Crippen molar-refractivity contribution in [3.63, 3.8) is 0 Å². The number of hydrogen-bond donors (Lipinski definition) is 4. The molecule has 1 aromatic heterocycles. The molecule has 0 atom stereocenters. The lowest BCUT2D eigenvalue weighted by atomic mass is 9.69. The van der Waals surface area contributed by atoms with E-state index in [0.717, 1.165) is 43.7 Å². The molecule has 6 heteroatoms. The zero-order valence-corrected chi connectivity index (χ0v) is 11.7. The number of anilines is 2. The van der Waals surface area contributed by atoms with Gasteiger partial charge in [-0.2, -0.15) is 4.98 Å². The first-order valence-electron chi connectivity index (χ1n) is 7.35. The second-order valence-electron chi connectivity index (χ2n) is 6.33. The summed E-state index contributed by atoms with van der Waals surface area (Å²) in [6.45, 7) is 0.967. The molecule has 0 aromatic carbocycles. The summed E-state index contributed by atoms with van der Waals surface area (Å²) in [4.78, 5) is 8.54. The Labute approximate surface area is 119 Å². The molecule has 1 heterocycles. The van der Waals surface area contributed by atoms with Gasteiger partial charge in [0.2, 0.25) is 5.95 Å². The van der Waals surface area contributed by atoms with Crippen molar-refractivity contribution in [3.05, 3.63) is 11.8 Å². The third-order valence-electron chi connectivity index (χ3n) is 4.75. The van der Waals surface area contributed by atoms with E-state index in [-0.39, 0.29) is 12.0 Å². The van der Waals surface area contributed by atoms with Gasteiger partial charge in [-0.3, -0.25) is 0 Å². The maximum Gasteiger partial charge on any atom is 0.222 e. The number of hydrogen-bond acceptors (Lipinski definition) is 6. The molecule has 1 aromatic rings. The molecule has 2 aliphatic rings. The first-order valence-corrected chi connectivity index (χ1v) is 7.35. The minimum absolute atomic E-state index is 0.0265. The molecule has 110 valence electrons. The van der Waals surface area contributed by atoms with Crippen LogP contribution in [0.3, 0.4) is 0 Å². The standard InChI is InChI=1S/C14H23N5O/c15-10-4-9(5-10)11-6-12(19-13(16)18-11)17-7-14(8-20)2-1-3-14/h6,9-10,20H,1-5,7-8,15H2,(H3,16,17,18,19). The number of aromatic nitrogens is 2. The Morgan fingerprint density at radius 3 is 2.65 bits per heavy atom. The molecule has 0 bridgehead atoms. The highest BCUT2D eigenvalue weighted by Crippen LogP contribution is 2.40. The van der Waals surface area contributed by atoms with Gasteiger partial charge < -0.3 is 21.9 Å². The van der Waals surface area contributed by atoms with Crippen molar-refractivity contribution in [2.24, 2.45) is 11.1 Å². The molecule has 0 radical (unpaired) electrons. The Morgan fingerprint density at radius 2 is 2.10 bits per heavy atom. The average Bonchev–Trinajstić information content (AvgIpc) is 2.33. The van der Waals surface area contributed by atoms with Crippen LogP contribution in [0.2, 0.25) is 0 Å². The molecule has 2 aliphatic carbocycles. The summed E-state index contributed by atoms with van der Waals surface area (Å²) in [6, 6.07) is 2.26. The Bertz CT molecular complexity index is 477. The zero-order chi connectivity index (χ0) is 14.2. The summed E-state index contributed by atoms with van der Waals surface area (Å²) < 4.78 is 0. The van der Waals surface area contributed by atoms with Crippen LogP contribution < -0.4 is 16.8 Å². The summed E-state index contributed by atoms with van der Waals surface area (Å²) in [5.41, 5.74) is 12.6. The molecule has 2 saturated carbocycles. The van der Waals surface area contributed by atoms with E-state index in [1.807, 2.05) is 6.07 Å². The number of rotatable bonds is 5. The van der Waals surface area contributed by atoms with E-state index >= 15 is 0 Å². The van der Waals surface area contributed by atoms with Crippen LogP contribution in [-0.2, 0) is 0 Å². The topological polar surface area (TPSA) is 110 Å². The quantitative estimate of drug-likeness (QED) is 0.635. The molecule has 6 N–H and O–H groups in total. The Morgan fingerprint density at radius 1 is 1.35 bits per heavy atom. The van der Waals surface area contributed by atoms with Crippen LogP contribution in [0.1, 0.15) is 43.7 Å². The summed E-state index contributed by atoms with van der Waals surface area (Å²) >= 11 is 0. The van der Waals surface area contributed by atoms with Crippen LogP contribution in [-0.4, -0.2) is 34.3 Å². The summed E-state index contributed by atoms with van der Waals surface area (Å²) in [6.07, 6.45) is 5.27. The fourth-order valence-corrected chi connectivity index (χ4v) is 3.03. The number of nitrogens with two attached hydrogens (primary N) is 2. The van der Waals surface area contributed by atoms with Crippen molar-refractivity contribution in [1.82, 2.24) is 9.97 Å². The molecular weight excluding hydrogens is 254 g/mol. The van der Waals surface area contributed by atoms with Gasteiger partial charge in [0.25, 0.3) is 0 Å². The van der Waals surface area contributed by atoms with E-state index in [2.05, 4.69) is 15.3 Å². The first kappa shape index (κ1) is 13.6. The van der Waals surface area contributed by atoms with E-state index in [9.17, 15) is 5.11 Å². The first-order chi connectivity index (χ1) is 9.60. The third-order valence-corrected chi connectivity index (χ3v) is 4.75. The number of aliphatic hydroxyl groups excluding tert-OH is 1. The molecule has 0 spiro atoms. The van der Waals surface area contributed by atoms with Crippen LogP contribution >= 0.6 is 0 Å². The molecule has 6 nitrogen and oxygen atoms in total. The normalized spacial score (nSPS) is 27.5. The highest BCUT2D eigenvalue weighted by Gasteiger charge is 2.36. The summed E-state index contributed by atoms with van der Waals surface area (Å²) in [7, 11) is 0. The lowest BCUT2D eigenvalue weighted by molar-refractivity contribution is 0.0576. The fourth-order valence-electron chi connectivity index (χ4n) is 3.03. The number of nitrogens with zero attached hydrogens (tertiary/aromatic N) is 2. The lowest BCUT2D eigenvalue weighted by Crippen LogP contribution is -2.40. The lowest BCUT2D eigenvalue weighted by Gasteiger charge is -2.40. The van der Waals surface area contributed by atoms with Crippen molar-refractivity contribution in [3.8, 4) is 0 Å². The van der Waals surface area contributed by atoms with Crippen molar-refractivity contribution in [1.29, 1.82) is 0 Å². The van der Waals surface area contributed by atoms with Crippen LogP contribution in [0.15, 0.2) is 6.07 Å². The van der Waals surface area contributed by atoms with Gasteiger partial charge >= 0.3 is 0 Å². The fraction of sp³-hybridized carbons (Fsp3) is 0.714. The van der Waals surface area contributed by atoms with Crippen molar-refractivity contribution in [2.75, 3.05) is 24.2 Å². The maximum absolute atomic E-state index is 9.48. The number of aliphatic hydroxyl groups is 1. The van der Waals surface area contributed by atoms with Crippen molar-refractivity contribution >= 4 is 11.8 Å². The predicted molar refractivity (Wildman–Crippen MR) is 78.3 cm³/mol. The monoisotopic (exact) mass is 277 g/mol. The van der Waals surface area contributed by atoms with Gasteiger partial charge in [-0.15, -0.1) is 0 Å². The van der Waals surface area contributed by atoms with Gasteiger partial charge in [0, 0.05) is 30.0 Å². The molecule has 2 fully saturated rings. The van der Waals surface area contributed by atoms with Crippen molar-refractivity contribution in [2.45, 2.75) is 44.1 Å². The Kier molecular flexibility index (Phi) is 3.52. The van der Waals surface area contributed by atoms with E-state index in [1.54, 1.807) is 0 Å². The minimum atomic E-state index is 0.0265. The highest BCUT2D eigenvalue weighted by molar-refractivity contribution is 5.42. The predicted octanol–water partition coefficient (Wildman–Crippen LogP) is 0.838. The smallest absolute Gasteiger partial charge is 0.222 e. The number of nitrogen functional groups attached to an aromatic ring is 1. The third kappa shape index (κ3) is 2.58. The molecule has 0 saturated heterocycles. The van der Waals surface area contributed by atoms with Crippen LogP contribution in [0.4, 0.5) is 11.8 Å². The second-order valence-corrected chi connectivity index (χ2v) is 6.33. The largest absolute Gasteiger partial charge is 0.396 e. The highest BCUT2D eigenvalue weighted by atomic mass is 16.3. The molecular formula is C14H23N5O. The van der Waals surface area contributed by atoms with Gasteiger partial charge in [0.05, 0.1) is 12.3 Å². The van der Waals surface area contributed by atoms with Crippen LogP contribution in [0, 0.1) is 5.41 Å². The zero-order valence-electron chi connectivity index (χ0n) is 11.7. The van der Waals surface area contributed by atoms with E-state index in [4.69, 9.17) is 11.5 Å². The average molecular weight is 277 g/mol. The number of nitrogens with one attached hydrogen (secondary N) is 1. The Hall–Kier alpha value is -1.40. The Balaban J connectivity index is 1.66.